The van der Waals surface area contributed by atoms with Crippen LogP contribution in [0.3, 0.4) is 0 Å². The van der Waals surface area contributed by atoms with E-state index in [4.69, 9.17) is 29.5 Å². The van der Waals surface area contributed by atoms with Crippen molar-refractivity contribution in [3.8, 4) is 10.8 Å². The zero-order valence-electron chi connectivity index (χ0n) is 17.4. The summed E-state index contributed by atoms with van der Waals surface area (Å²) in [5, 5.41) is 22.0. The van der Waals surface area contributed by atoms with Crippen molar-refractivity contribution in [2.24, 2.45) is 0 Å². The smallest absolute Gasteiger partial charge is 0.338 e. The molecule has 1 aliphatic rings. The van der Waals surface area contributed by atoms with Gasteiger partial charge < -0.3 is 18.9 Å². The minimum Gasteiger partial charge on any atom is -0.452 e. The Kier molecular flexibility index (Phi) is 9.60. The van der Waals surface area contributed by atoms with Crippen LogP contribution in [0.2, 0.25) is 0 Å². The third-order valence-electron chi connectivity index (χ3n) is 4.75. The summed E-state index contributed by atoms with van der Waals surface area (Å²) in [4.78, 5) is 25.8. The SMILES string of the molecule is N#CSC[C@H]1OCO[C@H](CSC#N)[C@@H](OC(=O)c2ccccc2)[C@@H]1OC(=O)c1ccccc1. The van der Waals surface area contributed by atoms with Crippen molar-refractivity contribution in [2.75, 3.05) is 18.3 Å². The Labute approximate surface area is 199 Å². The number of nitriles is 2. The van der Waals surface area contributed by atoms with Crippen molar-refractivity contribution < 1.29 is 28.5 Å². The van der Waals surface area contributed by atoms with Gasteiger partial charge in [-0.15, -0.1) is 0 Å². The normalized spacial score (nSPS) is 22.2. The summed E-state index contributed by atoms with van der Waals surface area (Å²) in [6, 6.07) is 16.7. The fraction of sp³-hybridized carbons (Fsp3) is 0.304. The van der Waals surface area contributed by atoms with Crippen LogP contribution in [-0.2, 0) is 18.9 Å². The van der Waals surface area contributed by atoms with Gasteiger partial charge in [0.1, 0.15) is 29.8 Å². The zero-order chi connectivity index (χ0) is 23.5. The number of esters is 2. The molecule has 0 amide bonds. The highest BCUT2D eigenvalue weighted by molar-refractivity contribution is 8.03. The van der Waals surface area contributed by atoms with Crippen LogP contribution in [0.4, 0.5) is 0 Å². The van der Waals surface area contributed by atoms with Crippen LogP contribution < -0.4 is 0 Å². The largest absolute Gasteiger partial charge is 0.452 e. The van der Waals surface area contributed by atoms with Crippen LogP contribution in [0, 0.1) is 21.3 Å². The average molecular weight is 485 g/mol. The molecular formula is C23H20N2O6S2. The number of hydrogen-bond donors (Lipinski definition) is 0. The maximum Gasteiger partial charge on any atom is 0.338 e. The predicted molar refractivity (Wildman–Crippen MR) is 122 cm³/mol. The molecule has 0 spiro atoms. The van der Waals surface area contributed by atoms with Crippen LogP contribution in [0.1, 0.15) is 20.7 Å². The maximum atomic E-state index is 12.9. The number of rotatable bonds is 8. The molecule has 0 saturated carbocycles. The molecular weight excluding hydrogens is 464 g/mol. The van der Waals surface area contributed by atoms with Gasteiger partial charge in [0.15, 0.2) is 12.2 Å². The van der Waals surface area contributed by atoms with E-state index in [1.807, 2.05) is 10.8 Å². The lowest BCUT2D eigenvalue weighted by Gasteiger charge is -2.32. The fourth-order valence-electron chi connectivity index (χ4n) is 3.17. The van der Waals surface area contributed by atoms with Crippen LogP contribution in [0.5, 0.6) is 0 Å². The van der Waals surface area contributed by atoms with E-state index in [1.54, 1.807) is 60.7 Å². The Morgan fingerprint density at radius 2 is 1.18 bits per heavy atom. The summed E-state index contributed by atoms with van der Waals surface area (Å²) >= 11 is 1.85. The number of carbonyl (C=O) groups is 2. The van der Waals surface area contributed by atoms with E-state index in [1.165, 1.54) is 0 Å². The average Bonchev–Trinajstić information content (AvgIpc) is 3.01. The topological polar surface area (TPSA) is 119 Å². The molecule has 1 fully saturated rings. The molecule has 0 unspecified atom stereocenters. The van der Waals surface area contributed by atoms with Gasteiger partial charge in [-0.25, -0.2) is 9.59 Å². The van der Waals surface area contributed by atoms with Gasteiger partial charge in [0.25, 0.3) is 0 Å². The summed E-state index contributed by atoms with van der Waals surface area (Å²) in [6.07, 6.45) is -3.71. The summed E-state index contributed by atoms with van der Waals surface area (Å²) in [7, 11) is 0. The van der Waals surface area contributed by atoms with Gasteiger partial charge in [0.05, 0.1) is 11.1 Å². The highest BCUT2D eigenvalue weighted by atomic mass is 32.2. The molecule has 170 valence electrons. The number of benzene rings is 2. The number of ether oxygens (including phenoxy) is 4. The van der Waals surface area contributed by atoms with E-state index < -0.39 is 36.4 Å². The first-order chi connectivity index (χ1) is 16.1. The molecule has 0 bridgehead atoms. The van der Waals surface area contributed by atoms with E-state index in [0.717, 1.165) is 23.5 Å². The molecule has 33 heavy (non-hydrogen) atoms. The molecule has 0 aliphatic carbocycles. The van der Waals surface area contributed by atoms with E-state index >= 15 is 0 Å². The zero-order valence-corrected chi connectivity index (χ0v) is 19.0. The van der Waals surface area contributed by atoms with E-state index in [2.05, 4.69) is 0 Å². The second-order valence-corrected chi connectivity index (χ2v) is 8.41. The number of nitrogens with zero attached hydrogens (tertiary/aromatic N) is 2. The summed E-state index contributed by atoms with van der Waals surface area (Å²) in [5.41, 5.74) is 0.621. The summed E-state index contributed by atoms with van der Waals surface area (Å²) in [5.74, 6) is -0.954. The molecule has 0 aromatic heterocycles. The predicted octanol–water partition coefficient (Wildman–Crippen LogP) is 3.61. The fourth-order valence-corrected chi connectivity index (χ4v) is 4.22. The molecule has 1 saturated heterocycles. The van der Waals surface area contributed by atoms with Gasteiger partial charge >= 0.3 is 11.9 Å². The van der Waals surface area contributed by atoms with Crippen LogP contribution in [-0.4, -0.2) is 54.7 Å². The lowest BCUT2D eigenvalue weighted by atomic mass is 10.0. The van der Waals surface area contributed by atoms with Gasteiger partial charge in [0.2, 0.25) is 0 Å². The monoisotopic (exact) mass is 484 g/mol. The van der Waals surface area contributed by atoms with Crippen LogP contribution in [0.25, 0.3) is 0 Å². The van der Waals surface area contributed by atoms with Crippen molar-refractivity contribution in [3.05, 3.63) is 71.8 Å². The molecule has 1 heterocycles. The van der Waals surface area contributed by atoms with Gasteiger partial charge in [-0.2, -0.15) is 10.5 Å². The lowest BCUT2D eigenvalue weighted by molar-refractivity contribution is -0.0956. The third-order valence-corrected chi connectivity index (χ3v) is 6.00. The van der Waals surface area contributed by atoms with Crippen LogP contribution >= 0.6 is 23.5 Å². The van der Waals surface area contributed by atoms with Crippen LogP contribution in [0.15, 0.2) is 60.7 Å². The summed E-state index contributed by atoms with van der Waals surface area (Å²) < 4.78 is 23.0. The lowest BCUT2D eigenvalue weighted by Crippen LogP contribution is -2.50. The van der Waals surface area contributed by atoms with Gasteiger partial charge in [-0.1, -0.05) is 36.4 Å². The highest BCUT2D eigenvalue weighted by Crippen LogP contribution is 2.27. The van der Waals surface area contributed by atoms with E-state index in [-0.39, 0.29) is 18.3 Å². The van der Waals surface area contributed by atoms with Crippen molar-refractivity contribution in [1.82, 2.24) is 0 Å². The van der Waals surface area contributed by atoms with E-state index in [9.17, 15) is 9.59 Å². The summed E-state index contributed by atoms with van der Waals surface area (Å²) in [6.45, 7) is -0.175. The molecule has 2 aromatic rings. The Hall–Kier alpha value is -3.02. The number of thiocyanates is 2. The third kappa shape index (κ3) is 6.98. The number of carbonyl (C=O) groups excluding carboxylic acids is 2. The van der Waals surface area contributed by atoms with Gasteiger partial charge in [-0.05, 0) is 47.8 Å². The Morgan fingerprint density at radius 3 is 1.55 bits per heavy atom. The number of thioether (sulfide) groups is 2. The molecule has 10 heteroatoms. The Morgan fingerprint density at radius 1 is 0.788 bits per heavy atom. The molecule has 0 radical (unpaired) electrons. The van der Waals surface area contributed by atoms with Crippen molar-refractivity contribution in [2.45, 2.75) is 24.4 Å². The first-order valence-corrected chi connectivity index (χ1v) is 11.9. The highest BCUT2D eigenvalue weighted by Gasteiger charge is 2.44. The van der Waals surface area contributed by atoms with Crippen molar-refractivity contribution >= 4 is 35.5 Å². The Balaban J connectivity index is 1.93. The standard InChI is InChI=1S/C23H20N2O6S2/c24-13-32-11-18-20(30-22(26)16-7-3-1-4-8-16)21(19(12-33-14-25)29-15-28-18)31-23(27)17-9-5-2-6-10-17/h1-10,18-21H,11-12,15H2/t18-,19-,20-,21-/m1/s1. The first kappa shape index (κ1) is 24.6. The minimum absolute atomic E-state index is 0.157. The molecule has 0 N–H and O–H groups in total. The minimum atomic E-state index is -1.07. The quantitative estimate of drug-likeness (QED) is 0.406. The second-order valence-electron chi connectivity index (χ2n) is 6.80. The van der Waals surface area contributed by atoms with Crippen molar-refractivity contribution in [3.63, 3.8) is 0 Å². The first-order valence-electron chi connectivity index (χ1n) is 9.91. The van der Waals surface area contributed by atoms with E-state index in [0.29, 0.717) is 11.1 Å². The van der Waals surface area contributed by atoms with Crippen molar-refractivity contribution in [1.29, 1.82) is 10.5 Å². The molecule has 3 rings (SSSR count). The number of hydrogen-bond acceptors (Lipinski definition) is 10. The van der Waals surface area contributed by atoms with Gasteiger partial charge in [-0.3, -0.25) is 0 Å². The molecule has 2 aromatic carbocycles. The maximum absolute atomic E-state index is 12.9. The Bertz CT molecular complexity index is 928. The molecule has 8 nitrogen and oxygen atoms in total. The van der Waals surface area contributed by atoms with Gasteiger partial charge in [0, 0.05) is 11.5 Å². The molecule has 1 aliphatic heterocycles. The second kappa shape index (κ2) is 12.9. The molecule has 4 atom stereocenters.